The van der Waals surface area contributed by atoms with Crippen LogP contribution in [-0.4, -0.2) is 32.8 Å². The highest BCUT2D eigenvalue weighted by molar-refractivity contribution is 5.79. The highest BCUT2D eigenvalue weighted by atomic mass is 16.1. The lowest BCUT2D eigenvalue weighted by Crippen LogP contribution is -2.62. The summed E-state index contributed by atoms with van der Waals surface area (Å²) in [4.78, 5) is 12.4. The fraction of sp³-hybridized carbons (Fsp3) is 0.579. The van der Waals surface area contributed by atoms with Crippen molar-refractivity contribution in [1.29, 1.82) is 0 Å². The van der Waals surface area contributed by atoms with E-state index >= 15 is 0 Å². The van der Waals surface area contributed by atoms with Crippen molar-refractivity contribution in [1.82, 2.24) is 20.4 Å². The summed E-state index contributed by atoms with van der Waals surface area (Å²) >= 11 is 0. The number of carbonyl (C=O) groups excluding carboxylic acids is 1. The van der Waals surface area contributed by atoms with E-state index in [9.17, 15) is 4.79 Å². The van der Waals surface area contributed by atoms with E-state index in [1.165, 1.54) is 0 Å². The number of piperidine rings is 1. The number of rotatable bonds is 4. The lowest BCUT2D eigenvalue weighted by atomic mass is 9.79. The molecule has 1 fully saturated rings. The average Bonchev–Trinajstić information content (AvgIpc) is 2.85. The number of aryl methyl sites for hydroxylation is 1. The Hall–Kier alpha value is -1.88. The maximum Gasteiger partial charge on any atom is 0.222 e. The van der Waals surface area contributed by atoms with Gasteiger partial charge in [0.05, 0.1) is 18.3 Å². The quantitative estimate of drug-likeness (QED) is 0.907. The van der Waals surface area contributed by atoms with E-state index in [1.54, 1.807) is 0 Å². The number of nitrogens with zero attached hydrogens (tertiary/aromatic N) is 2. The molecule has 0 unspecified atom stereocenters. The van der Waals surface area contributed by atoms with Crippen LogP contribution in [-0.2, 0) is 11.3 Å². The zero-order chi connectivity index (χ0) is 17.4. The number of fused-ring (bicyclic) bond motifs is 1. The van der Waals surface area contributed by atoms with Gasteiger partial charge in [0.2, 0.25) is 5.91 Å². The molecule has 5 nitrogen and oxygen atoms in total. The Morgan fingerprint density at radius 3 is 2.62 bits per heavy atom. The van der Waals surface area contributed by atoms with E-state index in [2.05, 4.69) is 43.4 Å². The second-order valence-corrected chi connectivity index (χ2v) is 8.24. The van der Waals surface area contributed by atoms with Crippen molar-refractivity contribution in [2.24, 2.45) is 0 Å². The summed E-state index contributed by atoms with van der Waals surface area (Å²) in [6, 6.07) is 8.30. The Labute approximate surface area is 143 Å². The first-order valence-corrected chi connectivity index (χ1v) is 8.73. The number of aromatic nitrogens is 2. The summed E-state index contributed by atoms with van der Waals surface area (Å²) in [6.07, 6.45) is 4.21. The topological polar surface area (TPSA) is 59.0 Å². The minimum Gasteiger partial charge on any atom is -0.353 e. The minimum absolute atomic E-state index is 0.0396. The Bertz CT molecular complexity index is 716. The van der Waals surface area contributed by atoms with Crippen LogP contribution in [0.25, 0.3) is 10.9 Å². The molecular formula is C19H28N4O. The van der Waals surface area contributed by atoms with Gasteiger partial charge in [0.1, 0.15) is 0 Å². The van der Waals surface area contributed by atoms with Crippen LogP contribution >= 0.6 is 0 Å². The number of hydrogen-bond acceptors (Lipinski definition) is 3. The second-order valence-electron chi connectivity index (χ2n) is 8.24. The highest BCUT2D eigenvalue weighted by Crippen LogP contribution is 2.28. The van der Waals surface area contributed by atoms with Crippen molar-refractivity contribution < 1.29 is 4.79 Å². The summed E-state index contributed by atoms with van der Waals surface area (Å²) in [7, 11) is 0. The second kappa shape index (κ2) is 6.20. The zero-order valence-corrected chi connectivity index (χ0v) is 15.1. The highest BCUT2D eigenvalue weighted by Gasteiger charge is 2.38. The molecule has 1 saturated heterocycles. The summed E-state index contributed by atoms with van der Waals surface area (Å²) in [5.74, 6) is 0.105. The number of nitrogens with one attached hydrogen (secondary N) is 2. The van der Waals surface area contributed by atoms with Gasteiger partial charge in [-0.05, 0) is 46.6 Å². The molecule has 3 rings (SSSR count). The number of para-hydroxylation sites is 1. The maximum atomic E-state index is 12.4. The Morgan fingerprint density at radius 1 is 1.25 bits per heavy atom. The van der Waals surface area contributed by atoms with E-state index < -0.39 is 0 Å². The van der Waals surface area contributed by atoms with Crippen molar-refractivity contribution in [3.8, 4) is 0 Å². The molecule has 130 valence electrons. The molecule has 0 atom stereocenters. The van der Waals surface area contributed by atoms with Crippen LogP contribution in [0.5, 0.6) is 0 Å². The normalized spacial score (nSPS) is 20.2. The number of benzene rings is 1. The van der Waals surface area contributed by atoms with Gasteiger partial charge in [-0.25, -0.2) is 0 Å². The van der Waals surface area contributed by atoms with Gasteiger partial charge in [-0.1, -0.05) is 18.2 Å². The van der Waals surface area contributed by atoms with Gasteiger partial charge in [-0.2, -0.15) is 5.10 Å². The Morgan fingerprint density at radius 2 is 1.92 bits per heavy atom. The fourth-order valence-electron chi connectivity index (χ4n) is 4.14. The van der Waals surface area contributed by atoms with Gasteiger partial charge in [0.15, 0.2) is 0 Å². The molecule has 0 radical (unpaired) electrons. The Kier molecular flexibility index (Phi) is 4.38. The van der Waals surface area contributed by atoms with Gasteiger partial charge in [-0.3, -0.25) is 9.48 Å². The number of hydrogen-bond donors (Lipinski definition) is 2. The van der Waals surface area contributed by atoms with Crippen LogP contribution < -0.4 is 10.6 Å². The van der Waals surface area contributed by atoms with Gasteiger partial charge < -0.3 is 10.6 Å². The van der Waals surface area contributed by atoms with Gasteiger partial charge in [0, 0.05) is 28.9 Å². The molecule has 5 heteroatoms. The lowest BCUT2D eigenvalue weighted by Gasteiger charge is -2.46. The molecule has 1 aromatic carbocycles. The molecule has 2 heterocycles. The van der Waals surface area contributed by atoms with Gasteiger partial charge >= 0.3 is 0 Å². The molecular weight excluding hydrogens is 300 g/mol. The van der Waals surface area contributed by atoms with Crippen molar-refractivity contribution in [3.05, 3.63) is 30.5 Å². The third-order valence-electron chi connectivity index (χ3n) is 4.66. The first kappa shape index (κ1) is 17.0. The predicted molar refractivity (Wildman–Crippen MR) is 96.8 cm³/mol. The third kappa shape index (κ3) is 3.96. The Balaban J connectivity index is 1.58. The van der Waals surface area contributed by atoms with E-state index in [0.29, 0.717) is 13.0 Å². The molecule has 1 aromatic heterocycles. The summed E-state index contributed by atoms with van der Waals surface area (Å²) in [5, 5.41) is 12.4. The van der Waals surface area contributed by atoms with Crippen LogP contribution in [0.1, 0.15) is 47.0 Å². The average molecular weight is 328 g/mol. The van der Waals surface area contributed by atoms with Crippen molar-refractivity contribution in [2.45, 2.75) is 70.6 Å². The molecule has 0 aliphatic carbocycles. The van der Waals surface area contributed by atoms with Gasteiger partial charge in [0.25, 0.3) is 0 Å². The van der Waals surface area contributed by atoms with Crippen molar-refractivity contribution in [2.75, 3.05) is 0 Å². The van der Waals surface area contributed by atoms with Crippen LogP contribution in [0.3, 0.4) is 0 Å². The summed E-state index contributed by atoms with van der Waals surface area (Å²) in [5.41, 5.74) is 1.16. The van der Waals surface area contributed by atoms with E-state index in [4.69, 9.17) is 0 Å². The van der Waals surface area contributed by atoms with Crippen LogP contribution in [0, 0.1) is 0 Å². The van der Waals surface area contributed by atoms with E-state index in [-0.39, 0.29) is 23.0 Å². The zero-order valence-electron chi connectivity index (χ0n) is 15.1. The van der Waals surface area contributed by atoms with Crippen LogP contribution in [0.4, 0.5) is 0 Å². The van der Waals surface area contributed by atoms with Crippen molar-refractivity contribution >= 4 is 16.8 Å². The molecule has 0 bridgehead atoms. The molecule has 1 aliphatic heterocycles. The molecule has 2 N–H and O–H groups in total. The van der Waals surface area contributed by atoms with E-state index in [1.807, 2.05) is 35.1 Å². The third-order valence-corrected chi connectivity index (χ3v) is 4.66. The fourth-order valence-corrected chi connectivity index (χ4v) is 4.14. The minimum atomic E-state index is 0.0396. The lowest BCUT2D eigenvalue weighted by molar-refractivity contribution is -0.122. The van der Waals surface area contributed by atoms with Crippen molar-refractivity contribution in [3.63, 3.8) is 0 Å². The van der Waals surface area contributed by atoms with E-state index in [0.717, 1.165) is 23.7 Å². The summed E-state index contributed by atoms with van der Waals surface area (Å²) < 4.78 is 1.91. The summed E-state index contributed by atoms with van der Waals surface area (Å²) in [6.45, 7) is 9.40. The first-order chi connectivity index (χ1) is 11.2. The monoisotopic (exact) mass is 328 g/mol. The van der Waals surface area contributed by atoms with Crippen LogP contribution in [0.15, 0.2) is 30.5 Å². The van der Waals surface area contributed by atoms with Gasteiger partial charge in [-0.15, -0.1) is 0 Å². The SMILES string of the molecule is CC1(C)CC(NC(=O)CCn2ncc3ccccc32)CC(C)(C)N1. The molecule has 0 saturated carbocycles. The molecule has 24 heavy (non-hydrogen) atoms. The standard InChI is InChI=1S/C19H28N4O/c1-18(2)11-15(12-19(3,4)22-18)21-17(24)9-10-23-16-8-6-5-7-14(16)13-20-23/h5-8,13,15,22H,9-12H2,1-4H3,(H,21,24). The first-order valence-electron chi connectivity index (χ1n) is 8.73. The molecule has 0 spiro atoms. The largest absolute Gasteiger partial charge is 0.353 e. The number of carbonyl (C=O) groups is 1. The smallest absolute Gasteiger partial charge is 0.222 e. The molecule has 2 aromatic rings. The predicted octanol–water partition coefficient (Wildman–Crippen LogP) is 2.85. The number of amides is 1. The molecule has 1 amide bonds. The van der Waals surface area contributed by atoms with Crippen LogP contribution in [0.2, 0.25) is 0 Å². The molecule has 1 aliphatic rings. The maximum absolute atomic E-state index is 12.4.